The van der Waals surface area contributed by atoms with Gasteiger partial charge in [-0.1, -0.05) is 28.1 Å². The van der Waals surface area contributed by atoms with Gasteiger partial charge in [-0.3, -0.25) is 4.79 Å². The van der Waals surface area contributed by atoms with E-state index in [4.69, 9.17) is 10.5 Å². The van der Waals surface area contributed by atoms with Crippen molar-refractivity contribution in [1.29, 1.82) is 0 Å². The van der Waals surface area contributed by atoms with Crippen molar-refractivity contribution >= 4 is 27.4 Å². The predicted octanol–water partition coefficient (Wildman–Crippen LogP) is 3.19. The quantitative estimate of drug-likeness (QED) is 0.525. The van der Waals surface area contributed by atoms with Crippen LogP contribution in [0.3, 0.4) is 0 Å². The van der Waals surface area contributed by atoms with Gasteiger partial charge in [0, 0.05) is 4.47 Å². The second-order valence-electron chi connectivity index (χ2n) is 3.31. The Hall–Kier alpha value is -1.29. The zero-order chi connectivity index (χ0) is 12.1. The van der Waals surface area contributed by atoms with Gasteiger partial charge in [-0.15, -0.1) is 0 Å². The normalized spacial score (nSPS) is 10.7. The summed E-state index contributed by atoms with van der Waals surface area (Å²) in [5, 5.41) is 0. The minimum Gasteiger partial charge on any atom is -0.487 e. The second-order valence-corrected chi connectivity index (χ2v) is 4.22. The topological polar surface area (TPSA) is 52.3 Å². The molecule has 0 aliphatic heterocycles. The van der Waals surface area contributed by atoms with E-state index in [1.807, 2.05) is 19.1 Å². The van der Waals surface area contributed by atoms with E-state index < -0.39 is 0 Å². The maximum absolute atomic E-state index is 11.4. The summed E-state index contributed by atoms with van der Waals surface area (Å²) >= 11 is 3.30. The van der Waals surface area contributed by atoms with E-state index in [2.05, 4.69) is 15.9 Å². The first-order chi connectivity index (χ1) is 7.56. The number of anilines is 1. The third kappa shape index (κ3) is 3.10. The van der Waals surface area contributed by atoms with Crippen LogP contribution in [0, 0.1) is 0 Å². The molecule has 1 aromatic rings. The van der Waals surface area contributed by atoms with E-state index in [9.17, 15) is 4.79 Å². The summed E-state index contributed by atoms with van der Waals surface area (Å²) in [6, 6.07) is 3.43. The highest BCUT2D eigenvalue weighted by Gasteiger charge is 2.12. The first-order valence-electron chi connectivity index (χ1n) is 4.90. The van der Waals surface area contributed by atoms with Gasteiger partial charge in [-0.2, -0.15) is 0 Å². The Morgan fingerprint density at radius 2 is 2.25 bits per heavy atom. The average molecular weight is 284 g/mol. The Morgan fingerprint density at radius 3 is 2.81 bits per heavy atom. The zero-order valence-electron chi connectivity index (χ0n) is 9.29. The number of benzene rings is 1. The predicted molar refractivity (Wildman–Crippen MR) is 68.9 cm³/mol. The number of carbonyl (C=O) groups is 1. The summed E-state index contributed by atoms with van der Waals surface area (Å²) in [5.41, 5.74) is 6.77. The van der Waals surface area contributed by atoms with Crippen molar-refractivity contribution in [3.05, 3.63) is 34.3 Å². The Balaban J connectivity index is 3.09. The smallest absolute Gasteiger partial charge is 0.163 e. The van der Waals surface area contributed by atoms with Gasteiger partial charge >= 0.3 is 0 Å². The number of rotatable bonds is 4. The lowest BCUT2D eigenvalue weighted by Gasteiger charge is -2.11. The van der Waals surface area contributed by atoms with Gasteiger partial charge < -0.3 is 10.5 Å². The number of ketones is 1. The highest BCUT2D eigenvalue weighted by molar-refractivity contribution is 9.10. The highest BCUT2D eigenvalue weighted by Crippen LogP contribution is 2.31. The first kappa shape index (κ1) is 12.8. The number of halogens is 1. The maximum atomic E-state index is 11.4. The second kappa shape index (κ2) is 5.70. The molecule has 0 atom stereocenters. The summed E-state index contributed by atoms with van der Waals surface area (Å²) in [5.74, 6) is 0.386. The molecule has 16 heavy (non-hydrogen) atoms. The fourth-order valence-electron chi connectivity index (χ4n) is 1.26. The molecule has 0 bridgehead atoms. The zero-order valence-corrected chi connectivity index (χ0v) is 10.9. The third-order valence-electron chi connectivity index (χ3n) is 2.02. The van der Waals surface area contributed by atoms with Crippen molar-refractivity contribution in [3.8, 4) is 5.75 Å². The number of carbonyl (C=O) groups excluding carboxylic acids is 1. The molecule has 2 N–H and O–H groups in total. The van der Waals surface area contributed by atoms with Crippen LogP contribution in [-0.2, 0) is 0 Å². The minimum absolute atomic E-state index is 0.0662. The Morgan fingerprint density at radius 1 is 1.56 bits per heavy atom. The number of ether oxygens (including phenoxy) is 1. The van der Waals surface area contributed by atoms with Gasteiger partial charge in [0.05, 0.1) is 11.3 Å². The number of nitrogens with two attached hydrogens (primary N) is 1. The van der Waals surface area contributed by atoms with Crippen molar-refractivity contribution in [2.75, 3.05) is 12.3 Å². The molecule has 0 fully saturated rings. The van der Waals surface area contributed by atoms with Gasteiger partial charge in [-0.05, 0) is 26.0 Å². The van der Waals surface area contributed by atoms with Gasteiger partial charge in [-0.25, -0.2) is 0 Å². The van der Waals surface area contributed by atoms with Gasteiger partial charge in [0.1, 0.15) is 6.61 Å². The average Bonchev–Trinajstić information content (AvgIpc) is 2.20. The van der Waals surface area contributed by atoms with Crippen molar-refractivity contribution < 1.29 is 9.53 Å². The molecule has 1 rings (SSSR count). The van der Waals surface area contributed by atoms with Crippen LogP contribution < -0.4 is 10.5 Å². The molecule has 0 saturated carbocycles. The van der Waals surface area contributed by atoms with E-state index >= 15 is 0 Å². The van der Waals surface area contributed by atoms with E-state index in [1.54, 1.807) is 12.1 Å². The number of Topliss-reactive ketones (excluding diaryl/α,β-unsaturated/α-hetero) is 1. The van der Waals surface area contributed by atoms with Gasteiger partial charge in [0.2, 0.25) is 0 Å². The maximum Gasteiger partial charge on any atom is 0.163 e. The summed E-state index contributed by atoms with van der Waals surface area (Å²) in [6.07, 6.45) is 3.73. The number of allylic oxidation sites excluding steroid dienone is 1. The number of hydrogen-bond donors (Lipinski definition) is 1. The highest BCUT2D eigenvalue weighted by atomic mass is 79.9. The van der Waals surface area contributed by atoms with Crippen molar-refractivity contribution in [2.45, 2.75) is 13.8 Å². The minimum atomic E-state index is -0.0662. The molecule has 86 valence electrons. The van der Waals surface area contributed by atoms with Crippen LogP contribution in [0.1, 0.15) is 24.2 Å². The summed E-state index contributed by atoms with van der Waals surface area (Å²) in [4.78, 5) is 11.4. The van der Waals surface area contributed by atoms with E-state index in [-0.39, 0.29) is 5.78 Å². The molecule has 0 unspecified atom stereocenters. The first-order valence-corrected chi connectivity index (χ1v) is 5.69. The van der Waals surface area contributed by atoms with Crippen molar-refractivity contribution in [2.24, 2.45) is 0 Å². The van der Waals surface area contributed by atoms with Gasteiger partial charge in [0.15, 0.2) is 11.5 Å². The molecule has 0 aromatic heterocycles. The molecule has 1 aromatic carbocycles. The molecular formula is C12H14BrNO2. The van der Waals surface area contributed by atoms with E-state index in [0.29, 0.717) is 23.6 Å². The van der Waals surface area contributed by atoms with Gasteiger partial charge in [0.25, 0.3) is 0 Å². The molecule has 0 amide bonds. The standard InChI is InChI=1S/C12H14BrNO2/c1-3-4-5-16-12-10(8(2)15)6-9(13)7-11(12)14/h3-4,6-7H,5,14H2,1-2H3/b4-3+. The van der Waals surface area contributed by atoms with Crippen LogP contribution in [0.5, 0.6) is 5.75 Å². The summed E-state index contributed by atoms with van der Waals surface area (Å²) in [6.45, 7) is 3.80. The van der Waals surface area contributed by atoms with Crippen LogP contribution in [0.2, 0.25) is 0 Å². The largest absolute Gasteiger partial charge is 0.487 e. The Kier molecular flexibility index (Phi) is 4.55. The molecule has 0 aliphatic carbocycles. The van der Waals surface area contributed by atoms with Crippen molar-refractivity contribution in [3.63, 3.8) is 0 Å². The Labute approximate surface area is 103 Å². The Bertz CT molecular complexity index is 427. The molecule has 0 aliphatic rings. The van der Waals surface area contributed by atoms with Crippen LogP contribution in [-0.4, -0.2) is 12.4 Å². The summed E-state index contributed by atoms with van der Waals surface area (Å²) < 4.78 is 6.24. The van der Waals surface area contributed by atoms with E-state index in [0.717, 1.165) is 4.47 Å². The van der Waals surface area contributed by atoms with Crippen LogP contribution in [0.25, 0.3) is 0 Å². The third-order valence-corrected chi connectivity index (χ3v) is 2.48. The molecule has 0 saturated heterocycles. The van der Waals surface area contributed by atoms with Crippen molar-refractivity contribution in [1.82, 2.24) is 0 Å². The monoisotopic (exact) mass is 283 g/mol. The molecule has 3 nitrogen and oxygen atoms in total. The number of nitrogen functional groups attached to an aromatic ring is 1. The molecule has 4 heteroatoms. The SMILES string of the molecule is C/C=C/COc1c(N)cc(Br)cc1C(C)=O. The van der Waals surface area contributed by atoms with Crippen LogP contribution in [0.4, 0.5) is 5.69 Å². The lowest BCUT2D eigenvalue weighted by molar-refractivity contribution is 0.101. The lowest BCUT2D eigenvalue weighted by atomic mass is 10.1. The molecule has 0 spiro atoms. The molecule has 0 heterocycles. The lowest BCUT2D eigenvalue weighted by Crippen LogP contribution is -2.04. The van der Waals surface area contributed by atoms with Crippen LogP contribution >= 0.6 is 15.9 Å². The summed E-state index contributed by atoms with van der Waals surface area (Å²) in [7, 11) is 0. The fourth-order valence-corrected chi connectivity index (χ4v) is 1.74. The van der Waals surface area contributed by atoms with E-state index in [1.165, 1.54) is 6.92 Å². The fraction of sp³-hybridized carbons (Fsp3) is 0.250. The van der Waals surface area contributed by atoms with Crippen LogP contribution in [0.15, 0.2) is 28.8 Å². The number of hydrogen-bond acceptors (Lipinski definition) is 3. The molecule has 0 radical (unpaired) electrons. The molecular weight excluding hydrogens is 270 g/mol.